The van der Waals surface area contributed by atoms with Gasteiger partial charge in [0.25, 0.3) is 0 Å². The van der Waals surface area contributed by atoms with Crippen LogP contribution in [0.15, 0.2) is 61.2 Å². The Morgan fingerprint density at radius 3 is 2.66 bits per heavy atom. The van der Waals surface area contributed by atoms with E-state index in [2.05, 4.69) is 33.8 Å². The molecule has 2 aliphatic heterocycles. The molecule has 0 bridgehead atoms. The molecule has 0 spiro atoms. The number of nitrogens with zero attached hydrogens (tertiary/aromatic N) is 2. The Balaban J connectivity index is 1.56. The van der Waals surface area contributed by atoms with Crippen LogP contribution in [0.25, 0.3) is 0 Å². The summed E-state index contributed by atoms with van der Waals surface area (Å²) in [4.78, 5) is 17.5. The van der Waals surface area contributed by atoms with Crippen molar-refractivity contribution in [2.24, 2.45) is 5.92 Å². The summed E-state index contributed by atoms with van der Waals surface area (Å²) < 4.78 is 39.8. The third kappa shape index (κ3) is 4.83. The topological polar surface area (TPSA) is 35.6 Å². The quantitative estimate of drug-likeness (QED) is 0.688. The molecule has 0 aliphatic carbocycles. The van der Waals surface area contributed by atoms with Gasteiger partial charge in [-0.2, -0.15) is 13.2 Å². The first-order valence-electron chi connectivity index (χ1n) is 11.0. The highest BCUT2D eigenvalue weighted by molar-refractivity contribution is 5.82. The molecule has 4 rings (SSSR count). The fraction of sp³-hybridized carbons (Fsp3) is 0.400. The van der Waals surface area contributed by atoms with Crippen LogP contribution in [-0.4, -0.2) is 49.6 Å². The lowest BCUT2D eigenvalue weighted by Gasteiger charge is -2.49. The van der Waals surface area contributed by atoms with E-state index < -0.39 is 17.7 Å². The first-order chi connectivity index (χ1) is 15.4. The first kappa shape index (κ1) is 22.4. The summed E-state index contributed by atoms with van der Waals surface area (Å²) in [5, 5.41) is 2.86. The lowest BCUT2D eigenvalue weighted by Crippen LogP contribution is -2.61. The molecule has 1 amide bonds. The number of nitrogens with one attached hydrogen (secondary N) is 1. The van der Waals surface area contributed by atoms with Crippen LogP contribution in [-0.2, 0) is 23.8 Å². The molecule has 1 saturated heterocycles. The van der Waals surface area contributed by atoms with Crippen LogP contribution in [0.4, 0.5) is 18.9 Å². The van der Waals surface area contributed by atoms with Crippen molar-refractivity contribution in [3.8, 4) is 0 Å². The van der Waals surface area contributed by atoms with Crippen LogP contribution in [0.3, 0.4) is 0 Å². The van der Waals surface area contributed by atoms with Gasteiger partial charge in [-0.15, -0.1) is 6.58 Å². The molecule has 170 valence electrons. The average Bonchev–Trinajstić information content (AvgIpc) is 2.80. The lowest BCUT2D eigenvalue weighted by atomic mass is 9.82. The number of anilines is 1. The molecular weight excluding hydrogens is 415 g/mol. The van der Waals surface area contributed by atoms with Gasteiger partial charge in [0, 0.05) is 38.4 Å². The van der Waals surface area contributed by atoms with Gasteiger partial charge in [-0.1, -0.05) is 36.4 Å². The molecule has 0 saturated carbocycles. The highest BCUT2D eigenvalue weighted by Crippen LogP contribution is 2.39. The van der Waals surface area contributed by atoms with Crippen LogP contribution < -0.4 is 10.2 Å². The van der Waals surface area contributed by atoms with Crippen LogP contribution in [0.5, 0.6) is 0 Å². The number of alkyl halides is 3. The smallest absolute Gasteiger partial charge is 0.365 e. The molecule has 2 atom stereocenters. The van der Waals surface area contributed by atoms with Crippen molar-refractivity contribution >= 4 is 11.6 Å². The van der Waals surface area contributed by atoms with Gasteiger partial charge in [-0.05, 0) is 42.2 Å². The number of halogens is 3. The van der Waals surface area contributed by atoms with Crippen molar-refractivity contribution in [3.63, 3.8) is 0 Å². The number of rotatable bonds is 6. The maximum absolute atomic E-state index is 13.3. The van der Waals surface area contributed by atoms with Crippen LogP contribution in [0.2, 0.25) is 0 Å². The summed E-state index contributed by atoms with van der Waals surface area (Å²) in [5.41, 5.74) is 2.01. The predicted molar refractivity (Wildman–Crippen MR) is 120 cm³/mol. The largest absolute Gasteiger partial charge is 0.416 e. The molecule has 0 aromatic heterocycles. The monoisotopic (exact) mass is 443 g/mol. The fourth-order valence-electron chi connectivity index (χ4n) is 4.80. The standard InChI is InChI=1S/C25H28F3N3O/c1-2-11-29-24(32)21-16-19-15-20(25(26,27)28)8-9-22(19)31-14-13-30(17-23(21)31)12-10-18-6-4-3-5-7-18/h2-9,15,21,23H,1,10-14,16-17H2,(H,29,32)/t21-,23+/m1/s1. The molecule has 0 radical (unpaired) electrons. The number of hydrogen-bond donors (Lipinski definition) is 1. The Morgan fingerprint density at radius 2 is 1.94 bits per heavy atom. The van der Waals surface area contributed by atoms with Gasteiger partial charge < -0.3 is 10.2 Å². The summed E-state index contributed by atoms with van der Waals surface area (Å²) >= 11 is 0. The minimum atomic E-state index is -4.40. The van der Waals surface area contributed by atoms with E-state index in [0.717, 1.165) is 31.3 Å². The van der Waals surface area contributed by atoms with E-state index in [-0.39, 0.29) is 11.9 Å². The highest BCUT2D eigenvalue weighted by atomic mass is 19.4. The fourth-order valence-corrected chi connectivity index (χ4v) is 4.80. The molecule has 4 nitrogen and oxygen atoms in total. The van der Waals surface area contributed by atoms with Gasteiger partial charge in [0.2, 0.25) is 5.91 Å². The summed E-state index contributed by atoms with van der Waals surface area (Å²) in [5.74, 6) is -0.543. The van der Waals surface area contributed by atoms with Gasteiger partial charge in [0.15, 0.2) is 0 Å². The second-order valence-electron chi connectivity index (χ2n) is 8.48. The molecule has 2 heterocycles. The van der Waals surface area contributed by atoms with Gasteiger partial charge >= 0.3 is 6.18 Å². The van der Waals surface area contributed by atoms with Gasteiger partial charge in [-0.25, -0.2) is 0 Å². The Hall–Kier alpha value is -2.80. The van der Waals surface area contributed by atoms with E-state index in [1.165, 1.54) is 11.6 Å². The SMILES string of the molecule is C=CCNC(=O)[C@@H]1Cc2cc(C(F)(F)F)ccc2N2CCN(CCc3ccccc3)C[C@@H]12. The van der Waals surface area contributed by atoms with E-state index in [9.17, 15) is 18.0 Å². The summed E-state index contributed by atoms with van der Waals surface area (Å²) in [6.07, 6.45) is -1.56. The molecule has 2 aromatic carbocycles. The van der Waals surface area contributed by atoms with E-state index in [4.69, 9.17) is 0 Å². The maximum Gasteiger partial charge on any atom is 0.416 e. The molecule has 0 unspecified atom stereocenters. The highest BCUT2D eigenvalue weighted by Gasteiger charge is 2.42. The summed E-state index contributed by atoms with van der Waals surface area (Å²) in [6.45, 7) is 7.07. The lowest BCUT2D eigenvalue weighted by molar-refractivity contribution is -0.137. The summed E-state index contributed by atoms with van der Waals surface area (Å²) in [7, 11) is 0. The van der Waals surface area contributed by atoms with Crippen LogP contribution >= 0.6 is 0 Å². The number of carbonyl (C=O) groups is 1. The second kappa shape index (κ2) is 9.36. The minimum absolute atomic E-state index is 0.0754. The first-order valence-corrected chi connectivity index (χ1v) is 11.0. The van der Waals surface area contributed by atoms with E-state index in [0.29, 0.717) is 31.6 Å². The Kier molecular flexibility index (Phi) is 6.55. The number of carbonyl (C=O) groups excluding carboxylic acids is 1. The van der Waals surface area contributed by atoms with Crippen molar-refractivity contribution in [2.75, 3.05) is 37.6 Å². The normalized spacial score (nSPS) is 20.9. The number of hydrogen-bond acceptors (Lipinski definition) is 3. The van der Waals surface area contributed by atoms with E-state index in [1.807, 2.05) is 18.2 Å². The Morgan fingerprint density at radius 1 is 1.16 bits per heavy atom. The molecular formula is C25H28F3N3O. The van der Waals surface area contributed by atoms with Crippen molar-refractivity contribution in [1.29, 1.82) is 0 Å². The number of piperazine rings is 1. The van der Waals surface area contributed by atoms with Crippen molar-refractivity contribution < 1.29 is 18.0 Å². The third-order valence-corrected chi connectivity index (χ3v) is 6.44. The number of benzene rings is 2. The molecule has 7 heteroatoms. The van der Waals surface area contributed by atoms with Gasteiger partial charge in [0.1, 0.15) is 0 Å². The molecule has 32 heavy (non-hydrogen) atoms. The molecule has 1 fully saturated rings. The van der Waals surface area contributed by atoms with E-state index in [1.54, 1.807) is 12.1 Å². The maximum atomic E-state index is 13.3. The van der Waals surface area contributed by atoms with Crippen LogP contribution in [0.1, 0.15) is 16.7 Å². The van der Waals surface area contributed by atoms with Gasteiger partial charge in [0.05, 0.1) is 17.5 Å². The number of amides is 1. The Bertz CT molecular complexity index is 961. The molecule has 1 N–H and O–H groups in total. The predicted octanol–water partition coefficient (Wildman–Crippen LogP) is 3.91. The second-order valence-corrected chi connectivity index (χ2v) is 8.48. The average molecular weight is 444 g/mol. The number of fused-ring (bicyclic) bond motifs is 3. The van der Waals surface area contributed by atoms with Crippen molar-refractivity contribution in [2.45, 2.75) is 25.1 Å². The zero-order chi connectivity index (χ0) is 22.7. The van der Waals surface area contributed by atoms with Gasteiger partial charge in [-0.3, -0.25) is 9.69 Å². The minimum Gasteiger partial charge on any atom is -0.365 e. The van der Waals surface area contributed by atoms with E-state index >= 15 is 0 Å². The Labute approximate surface area is 186 Å². The zero-order valence-electron chi connectivity index (χ0n) is 17.9. The van der Waals surface area contributed by atoms with Crippen molar-refractivity contribution in [1.82, 2.24) is 10.2 Å². The molecule has 2 aliphatic rings. The van der Waals surface area contributed by atoms with Crippen molar-refractivity contribution in [3.05, 3.63) is 77.9 Å². The molecule has 2 aromatic rings. The zero-order valence-corrected chi connectivity index (χ0v) is 17.9. The summed E-state index contributed by atoms with van der Waals surface area (Å²) in [6, 6.07) is 14.1. The third-order valence-electron chi connectivity index (χ3n) is 6.44. The van der Waals surface area contributed by atoms with Crippen LogP contribution in [0, 0.1) is 5.92 Å².